The van der Waals surface area contributed by atoms with Crippen molar-refractivity contribution in [2.45, 2.75) is 25.3 Å². The number of hydrogen-bond acceptors (Lipinski definition) is 4. The number of rotatable bonds is 5. The van der Waals surface area contributed by atoms with E-state index in [0.29, 0.717) is 25.8 Å². The Morgan fingerprint density at radius 3 is 2.73 bits per heavy atom. The summed E-state index contributed by atoms with van der Waals surface area (Å²) in [6.45, 7) is 0.338. The van der Waals surface area contributed by atoms with Crippen LogP contribution in [0.1, 0.15) is 19.3 Å². The fraction of sp³-hybridized carbons (Fsp3) is 0.625. The molecule has 1 heterocycles. The number of alkyl carbamates (subject to hydrolysis) is 1. The van der Waals surface area contributed by atoms with Crippen molar-refractivity contribution in [1.29, 1.82) is 0 Å². The average molecular weight is 216 g/mol. The Kier molecular flexibility index (Phi) is 3.90. The molecule has 3 N–H and O–H groups in total. The van der Waals surface area contributed by atoms with Gasteiger partial charge in [0.05, 0.1) is 0 Å². The van der Waals surface area contributed by atoms with Crippen molar-refractivity contribution < 1.29 is 24.2 Å². The van der Waals surface area contributed by atoms with Crippen LogP contribution >= 0.6 is 0 Å². The van der Waals surface area contributed by atoms with Gasteiger partial charge >= 0.3 is 18.2 Å². The number of unbranched alkanes of at least 4 members (excludes halogenated alkanes) is 1. The number of carbonyl (C=O) groups excluding carboxylic acids is 2. The Bertz CT molecular complexity index is 278. The summed E-state index contributed by atoms with van der Waals surface area (Å²) < 4.78 is 4.27. The van der Waals surface area contributed by atoms with Crippen molar-refractivity contribution in [1.82, 2.24) is 10.6 Å². The van der Waals surface area contributed by atoms with Gasteiger partial charge in [-0.1, -0.05) is 0 Å². The van der Waals surface area contributed by atoms with Gasteiger partial charge in [0.1, 0.15) is 6.04 Å². The fourth-order valence-corrected chi connectivity index (χ4v) is 1.25. The molecule has 1 rings (SSSR count). The van der Waals surface area contributed by atoms with Crippen molar-refractivity contribution in [3.63, 3.8) is 0 Å². The van der Waals surface area contributed by atoms with Crippen molar-refractivity contribution in [2.75, 3.05) is 6.54 Å². The van der Waals surface area contributed by atoms with Crippen LogP contribution in [0.25, 0.3) is 0 Å². The zero-order valence-electron chi connectivity index (χ0n) is 7.99. The van der Waals surface area contributed by atoms with Crippen molar-refractivity contribution in [3.8, 4) is 0 Å². The van der Waals surface area contributed by atoms with E-state index >= 15 is 0 Å². The minimum absolute atomic E-state index is 0.338. The summed E-state index contributed by atoms with van der Waals surface area (Å²) in [6, 6.07) is -0.581. The van der Waals surface area contributed by atoms with Crippen molar-refractivity contribution in [3.05, 3.63) is 0 Å². The van der Waals surface area contributed by atoms with Gasteiger partial charge in [0.2, 0.25) is 0 Å². The molecular weight excluding hydrogens is 204 g/mol. The highest BCUT2D eigenvalue weighted by molar-refractivity contribution is 5.95. The molecule has 0 aromatic heterocycles. The van der Waals surface area contributed by atoms with Crippen molar-refractivity contribution in [2.24, 2.45) is 0 Å². The molecule has 2 amide bonds. The first-order chi connectivity index (χ1) is 7.09. The molecule has 0 aromatic carbocycles. The number of carbonyl (C=O) groups is 3. The lowest BCUT2D eigenvalue weighted by molar-refractivity contribution is -0.135. The van der Waals surface area contributed by atoms with Crippen LogP contribution in [0.5, 0.6) is 0 Å². The second-order valence-electron chi connectivity index (χ2n) is 3.13. The minimum Gasteiger partial charge on any atom is -0.465 e. The highest BCUT2D eigenvalue weighted by Gasteiger charge is 2.31. The first-order valence-corrected chi connectivity index (χ1v) is 4.58. The third-order valence-electron chi connectivity index (χ3n) is 1.97. The predicted octanol–water partition coefficient (Wildman–Crippen LogP) is 0.0593. The number of nitrogens with one attached hydrogen (secondary N) is 2. The minimum atomic E-state index is -1.07. The summed E-state index contributed by atoms with van der Waals surface area (Å²) in [5.74, 6) is -0.564. The standard InChI is InChI=1S/C8H12N2O5/c11-6-5(10-8(14)15-6)3-1-2-4-9-7(12)13/h5,9H,1-4H2,(H,10,14)(H,12,13). The van der Waals surface area contributed by atoms with Gasteiger partial charge in [-0.3, -0.25) is 0 Å². The molecule has 1 unspecified atom stereocenters. The number of cyclic esters (lactones) is 2. The molecule has 0 saturated carbocycles. The SMILES string of the molecule is O=C(O)NCCCCC1NC(=O)OC1=O. The summed E-state index contributed by atoms with van der Waals surface area (Å²) in [5, 5.41) is 12.8. The molecule has 0 aliphatic carbocycles. The van der Waals surface area contributed by atoms with E-state index in [4.69, 9.17) is 5.11 Å². The first kappa shape index (κ1) is 11.3. The van der Waals surface area contributed by atoms with Crippen LogP contribution in [-0.4, -0.2) is 35.8 Å². The van der Waals surface area contributed by atoms with Gasteiger partial charge in [-0.15, -0.1) is 0 Å². The van der Waals surface area contributed by atoms with Gasteiger partial charge < -0.3 is 20.5 Å². The van der Waals surface area contributed by atoms with E-state index in [0.717, 1.165) is 0 Å². The lowest BCUT2D eigenvalue weighted by Gasteiger charge is -2.04. The Hall–Kier alpha value is -1.79. The molecular formula is C8H12N2O5. The second kappa shape index (κ2) is 5.18. The second-order valence-corrected chi connectivity index (χ2v) is 3.13. The zero-order chi connectivity index (χ0) is 11.3. The zero-order valence-corrected chi connectivity index (χ0v) is 7.99. The Morgan fingerprint density at radius 2 is 2.20 bits per heavy atom. The van der Waals surface area contributed by atoms with E-state index in [-0.39, 0.29) is 0 Å². The van der Waals surface area contributed by atoms with Gasteiger partial charge in [0.25, 0.3) is 0 Å². The molecule has 1 saturated heterocycles. The number of hydrogen-bond donors (Lipinski definition) is 3. The lowest BCUT2D eigenvalue weighted by Crippen LogP contribution is -2.29. The van der Waals surface area contributed by atoms with Crippen LogP contribution in [0.4, 0.5) is 9.59 Å². The molecule has 0 bridgehead atoms. The predicted molar refractivity (Wildman–Crippen MR) is 48.3 cm³/mol. The summed E-state index contributed by atoms with van der Waals surface area (Å²) in [4.78, 5) is 31.6. The third kappa shape index (κ3) is 3.84. The van der Waals surface area contributed by atoms with Crippen LogP contribution < -0.4 is 10.6 Å². The normalized spacial score (nSPS) is 19.6. The Labute approximate surface area is 85.8 Å². The fourth-order valence-electron chi connectivity index (χ4n) is 1.25. The molecule has 1 atom stereocenters. The van der Waals surface area contributed by atoms with Crippen molar-refractivity contribution >= 4 is 18.2 Å². The number of amides is 2. The van der Waals surface area contributed by atoms with Gasteiger partial charge in [0.15, 0.2) is 0 Å². The quantitative estimate of drug-likeness (QED) is 0.342. The van der Waals surface area contributed by atoms with Gasteiger partial charge in [-0.25, -0.2) is 14.4 Å². The number of ether oxygens (including phenoxy) is 1. The number of carboxylic acid groups (broad SMARTS) is 1. The molecule has 0 aromatic rings. The molecule has 15 heavy (non-hydrogen) atoms. The maximum Gasteiger partial charge on any atom is 0.415 e. The molecule has 1 aliphatic rings. The van der Waals surface area contributed by atoms with Gasteiger partial charge in [-0.05, 0) is 19.3 Å². The van der Waals surface area contributed by atoms with E-state index in [1.54, 1.807) is 0 Å². The maximum absolute atomic E-state index is 10.9. The summed E-state index contributed by atoms with van der Waals surface area (Å²) in [6.07, 6.45) is -0.0599. The highest BCUT2D eigenvalue weighted by Crippen LogP contribution is 2.07. The number of esters is 1. The summed E-state index contributed by atoms with van der Waals surface area (Å²) in [5.41, 5.74) is 0. The smallest absolute Gasteiger partial charge is 0.415 e. The third-order valence-corrected chi connectivity index (χ3v) is 1.97. The van der Waals surface area contributed by atoms with E-state index in [2.05, 4.69) is 15.4 Å². The molecule has 0 spiro atoms. The Morgan fingerprint density at radius 1 is 1.47 bits per heavy atom. The van der Waals surface area contributed by atoms with Gasteiger partial charge in [-0.2, -0.15) is 0 Å². The van der Waals surface area contributed by atoms with Gasteiger partial charge in [0, 0.05) is 6.54 Å². The molecule has 1 aliphatic heterocycles. The van der Waals surface area contributed by atoms with Crippen LogP contribution in [-0.2, 0) is 9.53 Å². The van der Waals surface area contributed by atoms with E-state index in [9.17, 15) is 14.4 Å². The van der Waals surface area contributed by atoms with Crippen LogP contribution in [0, 0.1) is 0 Å². The maximum atomic E-state index is 10.9. The van der Waals surface area contributed by atoms with E-state index < -0.39 is 24.2 Å². The van der Waals surface area contributed by atoms with Crippen LogP contribution in [0.3, 0.4) is 0 Å². The molecule has 7 heteroatoms. The monoisotopic (exact) mass is 216 g/mol. The molecule has 84 valence electrons. The topological polar surface area (TPSA) is 105 Å². The van der Waals surface area contributed by atoms with E-state index in [1.807, 2.05) is 0 Å². The highest BCUT2D eigenvalue weighted by atomic mass is 16.6. The molecule has 7 nitrogen and oxygen atoms in total. The average Bonchev–Trinajstić information content (AvgIpc) is 2.44. The van der Waals surface area contributed by atoms with Crippen LogP contribution in [0.15, 0.2) is 0 Å². The van der Waals surface area contributed by atoms with Crippen LogP contribution in [0.2, 0.25) is 0 Å². The lowest BCUT2D eigenvalue weighted by atomic mass is 10.1. The van der Waals surface area contributed by atoms with E-state index in [1.165, 1.54) is 0 Å². The molecule has 0 radical (unpaired) electrons. The molecule has 1 fully saturated rings. The summed E-state index contributed by atoms with van der Waals surface area (Å²) in [7, 11) is 0. The largest absolute Gasteiger partial charge is 0.465 e. The first-order valence-electron chi connectivity index (χ1n) is 4.58. The summed E-state index contributed by atoms with van der Waals surface area (Å²) >= 11 is 0. The Balaban J connectivity index is 2.08.